The Bertz CT molecular complexity index is 1110. The first-order chi connectivity index (χ1) is 15.9. The number of rotatable bonds is 8. The van der Waals surface area contributed by atoms with Crippen LogP contribution in [0.2, 0.25) is 0 Å². The average Bonchev–Trinajstić information content (AvgIpc) is 2.86. The molecule has 0 spiro atoms. The van der Waals surface area contributed by atoms with E-state index < -0.39 is 5.91 Å². The number of hydrogen-bond acceptors (Lipinski definition) is 6. The Kier molecular flexibility index (Phi) is 7.77. The van der Waals surface area contributed by atoms with Gasteiger partial charge in [0.25, 0.3) is 11.8 Å². The second kappa shape index (κ2) is 10.9. The topological polar surface area (TPSA) is 94.5 Å². The third-order valence-corrected chi connectivity index (χ3v) is 4.98. The van der Waals surface area contributed by atoms with Gasteiger partial charge >= 0.3 is 0 Å². The van der Waals surface area contributed by atoms with Gasteiger partial charge in [-0.25, -0.2) is 10.5 Å². The molecule has 0 aliphatic carbocycles. The third kappa shape index (κ3) is 6.18. The van der Waals surface area contributed by atoms with Crippen molar-refractivity contribution in [2.75, 3.05) is 26.1 Å². The van der Waals surface area contributed by atoms with Gasteiger partial charge in [0, 0.05) is 30.9 Å². The molecular formula is C25H26N4O4. The van der Waals surface area contributed by atoms with Crippen molar-refractivity contribution in [3.05, 3.63) is 95.1 Å². The summed E-state index contributed by atoms with van der Waals surface area (Å²) in [5.41, 5.74) is 4.99. The van der Waals surface area contributed by atoms with Crippen molar-refractivity contribution >= 4 is 23.7 Å². The van der Waals surface area contributed by atoms with Gasteiger partial charge < -0.3 is 9.64 Å². The first-order valence-corrected chi connectivity index (χ1v) is 10.2. The van der Waals surface area contributed by atoms with E-state index >= 15 is 0 Å². The van der Waals surface area contributed by atoms with E-state index in [0.717, 1.165) is 17.0 Å². The second-order valence-corrected chi connectivity index (χ2v) is 7.46. The minimum absolute atomic E-state index is 0.247. The van der Waals surface area contributed by atoms with Crippen LogP contribution in [-0.2, 0) is 6.54 Å². The Balaban J connectivity index is 1.85. The first-order valence-electron chi connectivity index (χ1n) is 10.2. The fourth-order valence-corrected chi connectivity index (χ4v) is 3.04. The van der Waals surface area contributed by atoms with E-state index in [1.165, 1.54) is 5.01 Å². The van der Waals surface area contributed by atoms with E-state index in [9.17, 15) is 9.59 Å². The van der Waals surface area contributed by atoms with Crippen LogP contribution >= 0.6 is 0 Å². The Morgan fingerprint density at radius 2 is 1.55 bits per heavy atom. The third-order valence-electron chi connectivity index (χ3n) is 4.98. The molecule has 0 aliphatic heterocycles. The molecule has 170 valence electrons. The van der Waals surface area contributed by atoms with Crippen molar-refractivity contribution in [1.29, 1.82) is 0 Å². The van der Waals surface area contributed by atoms with Crippen molar-refractivity contribution in [1.82, 2.24) is 10.5 Å². The summed E-state index contributed by atoms with van der Waals surface area (Å²) in [6, 6.07) is 21.2. The number of hydroxylamine groups is 1. The van der Waals surface area contributed by atoms with Crippen LogP contribution in [-0.4, -0.2) is 49.5 Å². The zero-order chi connectivity index (χ0) is 23.8. The molecule has 3 aromatic rings. The molecule has 0 aromatic heterocycles. The summed E-state index contributed by atoms with van der Waals surface area (Å²) in [6.07, 6.45) is 1.55. The largest absolute Gasteiger partial charge is 0.497 e. The van der Waals surface area contributed by atoms with E-state index in [1.807, 2.05) is 55.4 Å². The van der Waals surface area contributed by atoms with Crippen molar-refractivity contribution in [3.8, 4) is 5.75 Å². The van der Waals surface area contributed by atoms with Crippen LogP contribution in [0, 0.1) is 0 Å². The maximum atomic E-state index is 13.3. The van der Waals surface area contributed by atoms with Crippen LogP contribution < -0.4 is 15.1 Å². The van der Waals surface area contributed by atoms with Gasteiger partial charge in [-0.15, -0.1) is 0 Å². The molecule has 0 radical (unpaired) electrons. The Morgan fingerprint density at radius 3 is 2.09 bits per heavy atom. The Morgan fingerprint density at radius 1 is 0.939 bits per heavy atom. The maximum Gasteiger partial charge on any atom is 0.274 e. The lowest BCUT2D eigenvalue weighted by molar-refractivity contribution is 0.0706. The van der Waals surface area contributed by atoms with E-state index in [2.05, 4.69) is 5.10 Å². The predicted octanol–water partition coefficient (Wildman–Crippen LogP) is 3.56. The predicted molar refractivity (Wildman–Crippen MR) is 127 cm³/mol. The fourth-order valence-electron chi connectivity index (χ4n) is 3.04. The van der Waals surface area contributed by atoms with Gasteiger partial charge in [-0.3, -0.25) is 14.8 Å². The minimum atomic E-state index is -0.601. The van der Waals surface area contributed by atoms with Crippen LogP contribution in [0.5, 0.6) is 5.75 Å². The first kappa shape index (κ1) is 23.5. The highest BCUT2D eigenvalue weighted by Gasteiger charge is 2.16. The summed E-state index contributed by atoms with van der Waals surface area (Å²) in [5, 5.41) is 14.6. The van der Waals surface area contributed by atoms with Crippen molar-refractivity contribution in [3.63, 3.8) is 0 Å². The van der Waals surface area contributed by atoms with E-state index in [0.29, 0.717) is 16.7 Å². The lowest BCUT2D eigenvalue weighted by atomic mass is 10.1. The molecule has 0 heterocycles. The molecule has 0 saturated carbocycles. The molecule has 0 aliphatic rings. The second-order valence-electron chi connectivity index (χ2n) is 7.46. The molecule has 3 rings (SSSR count). The maximum absolute atomic E-state index is 13.3. The van der Waals surface area contributed by atoms with Gasteiger partial charge in [0.2, 0.25) is 0 Å². The fraction of sp³-hybridized carbons (Fsp3) is 0.160. The van der Waals surface area contributed by atoms with Gasteiger partial charge in [-0.1, -0.05) is 24.3 Å². The average molecular weight is 447 g/mol. The minimum Gasteiger partial charge on any atom is -0.497 e. The lowest BCUT2D eigenvalue weighted by Gasteiger charge is -2.18. The zero-order valence-corrected chi connectivity index (χ0v) is 18.7. The quantitative estimate of drug-likeness (QED) is 0.314. The molecule has 2 N–H and O–H groups in total. The molecule has 0 bridgehead atoms. The summed E-state index contributed by atoms with van der Waals surface area (Å²) in [5.74, 6) is -0.119. The van der Waals surface area contributed by atoms with Crippen LogP contribution in [0.25, 0.3) is 0 Å². The number of carbonyl (C=O) groups is 2. The van der Waals surface area contributed by atoms with Crippen LogP contribution in [0.15, 0.2) is 77.9 Å². The standard InChI is InChI=1S/C25H26N4O4/c1-28(2)22-12-10-21(11-13-22)25(31)29(17-19-6-14-23(33-3)15-7-19)26-16-18-4-8-20(9-5-18)24(30)27-32/h4-16,32H,17H2,1-3H3,(H,27,30). The molecule has 0 saturated heterocycles. The van der Waals surface area contributed by atoms with Gasteiger partial charge in [-0.05, 0) is 59.7 Å². The summed E-state index contributed by atoms with van der Waals surface area (Å²) in [7, 11) is 5.47. The van der Waals surface area contributed by atoms with Crippen molar-refractivity contribution in [2.45, 2.75) is 6.54 Å². The number of anilines is 1. The summed E-state index contributed by atoms with van der Waals surface area (Å²) in [6.45, 7) is 0.264. The molecule has 8 nitrogen and oxygen atoms in total. The van der Waals surface area contributed by atoms with Crippen LogP contribution in [0.1, 0.15) is 31.8 Å². The molecule has 2 amide bonds. The summed E-state index contributed by atoms with van der Waals surface area (Å²) in [4.78, 5) is 26.7. The molecule has 0 unspecified atom stereocenters. The number of nitrogens with one attached hydrogen (secondary N) is 1. The number of amides is 2. The molecular weight excluding hydrogens is 420 g/mol. The molecule has 0 fully saturated rings. The number of hydrogen-bond donors (Lipinski definition) is 2. The molecule has 33 heavy (non-hydrogen) atoms. The molecule has 0 atom stereocenters. The van der Waals surface area contributed by atoms with Gasteiger partial charge in [0.05, 0.1) is 19.9 Å². The highest BCUT2D eigenvalue weighted by atomic mass is 16.5. The number of carbonyl (C=O) groups excluding carboxylic acids is 2. The highest BCUT2D eigenvalue weighted by Crippen LogP contribution is 2.17. The van der Waals surface area contributed by atoms with Gasteiger partial charge in [-0.2, -0.15) is 5.10 Å². The van der Waals surface area contributed by atoms with Crippen molar-refractivity contribution in [2.24, 2.45) is 5.10 Å². The van der Waals surface area contributed by atoms with Gasteiger partial charge in [0.1, 0.15) is 5.75 Å². The number of nitrogens with zero attached hydrogens (tertiary/aromatic N) is 3. The molecule has 3 aromatic carbocycles. The highest BCUT2D eigenvalue weighted by molar-refractivity contribution is 5.96. The van der Waals surface area contributed by atoms with E-state index in [-0.39, 0.29) is 12.5 Å². The Hall–Kier alpha value is -4.17. The zero-order valence-electron chi connectivity index (χ0n) is 18.7. The Labute approximate surface area is 192 Å². The van der Waals surface area contributed by atoms with E-state index in [1.54, 1.807) is 55.2 Å². The monoisotopic (exact) mass is 446 g/mol. The van der Waals surface area contributed by atoms with E-state index in [4.69, 9.17) is 9.94 Å². The normalized spacial score (nSPS) is 10.7. The summed E-state index contributed by atoms with van der Waals surface area (Å²) >= 11 is 0. The van der Waals surface area contributed by atoms with Crippen LogP contribution in [0.3, 0.4) is 0 Å². The smallest absolute Gasteiger partial charge is 0.274 e. The molecule has 8 heteroatoms. The number of methoxy groups -OCH3 is 1. The summed E-state index contributed by atoms with van der Waals surface area (Å²) < 4.78 is 5.20. The number of ether oxygens (including phenoxy) is 1. The lowest BCUT2D eigenvalue weighted by Crippen LogP contribution is -2.26. The van der Waals surface area contributed by atoms with Crippen molar-refractivity contribution < 1.29 is 19.5 Å². The SMILES string of the molecule is COc1ccc(CN(N=Cc2ccc(C(=O)NO)cc2)C(=O)c2ccc(N(C)C)cc2)cc1. The van der Waals surface area contributed by atoms with Crippen LogP contribution in [0.4, 0.5) is 5.69 Å². The number of benzene rings is 3. The number of hydrazone groups is 1. The van der Waals surface area contributed by atoms with Gasteiger partial charge in [0.15, 0.2) is 0 Å².